The molecule has 0 amide bonds. The predicted molar refractivity (Wildman–Crippen MR) is 85.6 cm³/mol. The number of hydrogen-bond donors (Lipinski definition) is 0. The minimum absolute atomic E-state index is 0.100. The van der Waals surface area contributed by atoms with Crippen LogP contribution in [0.3, 0.4) is 0 Å². The van der Waals surface area contributed by atoms with E-state index in [1.807, 2.05) is 52.9 Å². The Morgan fingerprint density at radius 2 is 1.95 bits per heavy atom. The molecule has 0 radical (unpaired) electrons. The van der Waals surface area contributed by atoms with Crippen LogP contribution in [-0.2, 0) is 0 Å². The van der Waals surface area contributed by atoms with Crippen molar-refractivity contribution in [3.05, 3.63) is 61.0 Å². The van der Waals surface area contributed by atoms with E-state index in [0.717, 1.165) is 10.2 Å². The van der Waals surface area contributed by atoms with Crippen molar-refractivity contribution in [3.63, 3.8) is 0 Å². The summed E-state index contributed by atoms with van der Waals surface area (Å²) in [5.41, 5.74) is 1.33. The average Bonchev–Trinajstić information content (AvgIpc) is 2.44. The number of hydrogen-bond acceptors (Lipinski definition) is 3. The summed E-state index contributed by atoms with van der Waals surface area (Å²) in [4.78, 5) is 16.4. The molecule has 0 spiro atoms. The highest BCUT2D eigenvalue weighted by molar-refractivity contribution is 14.1. The summed E-state index contributed by atoms with van der Waals surface area (Å²) >= 11 is 5.29. The molecule has 0 aliphatic carbocycles. The standard InChI is InChI=1S/C13H7BrIN3O/c14-8-6-10-11(19)12(15)17-18(13(10)16-7-8)9-4-2-1-3-5-9/h1-7H. The van der Waals surface area contributed by atoms with Crippen LogP contribution in [0, 0.1) is 3.70 Å². The van der Waals surface area contributed by atoms with Gasteiger partial charge in [0.05, 0.1) is 11.1 Å². The van der Waals surface area contributed by atoms with Gasteiger partial charge in [-0.2, -0.15) is 5.10 Å². The normalized spacial score (nSPS) is 10.8. The van der Waals surface area contributed by atoms with Crippen molar-refractivity contribution in [2.45, 2.75) is 0 Å². The second-order valence-corrected chi connectivity index (χ2v) is 5.83. The maximum atomic E-state index is 12.1. The Labute approximate surface area is 130 Å². The van der Waals surface area contributed by atoms with Gasteiger partial charge in [0.1, 0.15) is 0 Å². The second kappa shape index (κ2) is 5.01. The van der Waals surface area contributed by atoms with Gasteiger partial charge in [-0.15, -0.1) is 0 Å². The summed E-state index contributed by atoms with van der Waals surface area (Å²) < 4.78 is 2.89. The van der Waals surface area contributed by atoms with Gasteiger partial charge >= 0.3 is 0 Å². The maximum Gasteiger partial charge on any atom is 0.223 e. The number of halogens is 2. The molecule has 2 aromatic heterocycles. The number of fused-ring (bicyclic) bond motifs is 1. The van der Waals surface area contributed by atoms with Gasteiger partial charge in [0, 0.05) is 10.7 Å². The van der Waals surface area contributed by atoms with Crippen molar-refractivity contribution in [2.24, 2.45) is 0 Å². The van der Waals surface area contributed by atoms with Gasteiger partial charge in [0.15, 0.2) is 9.35 Å². The van der Waals surface area contributed by atoms with Gasteiger partial charge in [-0.3, -0.25) is 4.79 Å². The minimum atomic E-state index is -0.100. The van der Waals surface area contributed by atoms with E-state index >= 15 is 0 Å². The summed E-state index contributed by atoms with van der Waals surface area (Å²) in [7, 11) is 0. The smallest absolute Gasteiger partial charge is 0.223 e. The lowest BCUT2D eigenvalue weighted by atomic mass is 10.3. The Bertz CT molecular complexity index is 817. The zero-order valence-electron chi connectivity index (χ0n) is 9.55. The van der Waals surface area contributed by atoms with E-state index in [9.17, 15) is 4.79 Å². The van der Waals surface area contributed by atoms with Crippen LogP contribution < -0.4 is 5.43 Å². The molecular weight excluding hydrogens is 421 g/mol. The first kappa shape index (κ1) is 12.7. The summed E-state index contributed by atoms with van der Waals surface area (Å²) in [6.45, 7) is 0. The quantitative estimate of drug-likeness (QED) is 0.560. The molecule has 0 bridgehead atoms. The Balaban J connectivity index is 2.44. The molecule has 0 saturated carbocycles. The summed E-state index contributed by atoms with van der Waals surface area (Å²) in [6.07, 6.45) is 1.66. The molecule has 0 N–H and O–H groups in total. The fourth-order valence-corrected chi connectivity index (χ4v) is 2.65. The number of rotatable bonds is 1. The first-order valence-corrected chi connectivity index (χ1v) is 7.33. The fourth-order valence-electron chi connectivity index (χ4n) is 1.81. The Morgan fingerprint density at radius 3 is 2.68 bits per heavy atom. The molecule has 3 rings (SSSR count). The van der Waals surface area contributed by atoms with E-state index in [-0.39, 0.29) is 5.43 Å². The van der Waals surface area contributed by atoms with Gasteiger partial charge < -0.3 is 0 Å². The second-order valence-electron chi connectivity index (χ2n) is 3.89. The van der Waals surface area contributed by atoms with E-state index in [2.05, 4.69) is 26.0 Å². The first-order chi connectivity index (χ1) is 9.16. The molecule has 6 heteroatoms. The third kappa shape index (κ3) is 2.30. The van der Waals surface area contributed by atoms with E-state index < -0.39 is 0 Å². The summed E-state index contributed by atoms with van der Waals surface area (Å²) in [5.74, 6) is 0. The number of benzene rings is 1. The minimum Gasteiger partial charge on any atom is -0.286 e. The maximum absolute atomic E-state index is 12.1. The molecule has 0 fully saturated rings. The first-order valence-electron chi connectivity index (χ1n) is 5.46. The van der Waals surface area contributed by atoms with Crippen molar-refractivity contribution in [1.29, 1.82) is 0 Å². The van der Waals surface area contributed by atoms with Crippen molar-refractivity contribution in [1.82, 2.24) is 14.8 Å². The number of para-hydroxylation sites is 1. The topological polar surface area (TPSA) is 47.8 Å². The number of pyridine rings is 1. The van der Waals surface area contributed by atoms with Crippen LogP contribution in [0.15, 0.2) is 51.9 Å². The van der Waals surface area contributed by atoms with Gasteiger partial charge in [-0.05, 0) is 56.7 Å². The molecule has 0 atom stereocenters. The zero-order valence-corrected chi connectivity index (χ0v) is 13.3. The molecule has 0 saturated heterocycles. The average molecular weight is 428 g/mol. The monoisotopic (exact) mass is 427 g/mol. The van der Waals surface area contributed by atoms with E-state index in [1.165, 1.54) is 0 Å². The third-order valence-corrected chi connectivity index (χ3v) is 3.79. The van der Waals surface area contributed by atoms with Gasteiger partial charge in [-0.25, -0.2) is 9.67 Å². The van der Waals surface area contributed by atoms with Gasteiger partial charge in [0.2, 0.25) is 5.43 Å². The zero-order chi connectivity index (χ0) is 13.4. The Morgan fingerprint density at radius 1 is 1.21 bits per heavy atom. The molecule has 3 aromatic rings. The van der Waals surface area contributed by atoms with Crippen LogP contribution in [0.25, 0.3) is 16.7 Å². The summed E-state index contributed by atoms with van der Waals surface area (Å²) in [6, 6.07) is 11.4. The Hall–Kier alpha value is -1.28. The van der Waals surface area contributed by atoms with Gasteiger partial charge in [-0.1, -0.05) is 18.2 Å². The molecule has 1 aromatic carbocycles. The molecule has 19 heavy (non-hydrogen) atoms. The van der Waals surface area contributed by atoms with Crippen molar-refractivity contribution in [3.8, 4) is 5.69 Å². The predicted octanol–water partition coefficient (Wildman–Crippen LogP) is 3.15. The molecule has 0 aliphatic heterocycles. The fraction of sp³-hybridized carbons (Fsp3) is 0. The van der Waals surface area contributed by atoms with Crippen LogP contribution in [0.1, 0.15) is 0 Å². The molecule has 4 nitrogen and oxygen atoms in total. The van der Waals surface area contributed by atoms with Crippen LogP contribution in [0.4, 0.5) is 0 Å². The SMILES string of the molecule is O=c1c(I)nn(-c2ccccc2)c2ncc(Br)cc12. The lowest BCUT2D eigenvalue weighted by molar-refractivity contribution is 0.845. The van der Waals surface area contributed by atoms with Gasteiger partial charge in [0.25, 0.3) is 0 Å². The molecule has 0 unspecified atom stereocenters. The lowest BCUT2D eigenvalue weighted by Crippen LogP contribution is -2.16. The van der Waals surface area contributed by atoms with Crippen LogP contribution in [0.5, 0.6) is 0 Å². The van der Waals surface area contributed by atoms with Crippen molar-refractivity contribution in [2.75, 3.05) is 0 Å². The van der Waals surface area contributed by atoms with E-state index in [1.54, 1.807) is 16.9 Å². The van der Waals surface area contributed by atoms with Crippen molar-refractivity contribution >= 4 is 49.6 Å². The lowest BCUT2D eigenvalue weighted by Gasteiger charge is -2.09. The van der Waals surface area contributed by atoms with E-state index in [4.69, 9.17) is 0 Å². The highest BCUT2D eigenvalue weighted by Crippen LogP contribution is 2.17. The third-order valence-electron chi connectivity index (χ3n) is 2.65. The number of aromatic nitrogens is 3. The van der Waals surface area contributed by atoms with E-state index in [0.29, 0.717) is 14.7 Å². The molecule has 94 valence electrons. The largest absolute Gasteiger partial charge is 0.286 e. The number of nitrogens with zero attached hydrogens (tertiary/aromatic N) is 3. The molecule has 2 heterocycles. The van der Waals surface area contributed by atoms with Crippen LogP contribution in [-0.4, -0.2) is 14.8 Å². The Kier molecular flexibility index (Phi) is 3.36. The molecular formula is C13H7BrIN3O. The van der Waals surface area contributed by atoms with Crippen molar-refractivity contribution < 1.29 is 0 Å². The molecule has 0 aliphatic rings. The van der Waals surface area contributed by atoms with Crippen LogP contribution >= 0.6 is 38.5 Å². The highest BCUT2D eigenvalue weighted by atomic mass is 127. The summed E-state index contributed by atoms with van der Waals surface area (Å²) in [5, 5.41) is 4.87. The van der Waals surface area contributed by atoms with Crippen LogP contribution in [0.2, 0.25) is 0 Å². The highest BCUT2D eigenvalue weighted by Gasteiger charge is 2.11.